The molecule has 0 saturated heterocycles. The number of nitrogens with one attached hydrogen (secondary N) is 1. The zero-order valence-corrected chi connectivity index (χ0v) is 4.59. The van der Waals surface area contributed by atoms with Crippen LogP contribution in [0.4, 0.5) is 0 Å². The number of hydrogen-bond acceptors (Lipinski definition) is 1. The minimum absolute atomic E-state index is 1.00. The van der Waals surface area contributed by atoms with Crippen molar-refractivity contribution in [3.8, 4) is 0 Å². The fourth-order valence-corrected chi connectivity index (χ4v) is 0.616. The Kier molecular flexibility index (Phi) is 1.13. The molecule has 0 saturated carbocycles. The summed E-state index contributed by atoms with van der Waals surface area (Å²) in [6.07, 6.45) is 2.05. The summed E-state index contributed by atoms with van der Waals surface area (Å²) in [5, 5.41) is 4.36. The highest BCUT2D eigenvalue weighted by molar-refractivity contribution is 7.22. The first-order valence-electron chi connectivity index (χ1n) is 1.91. The molecule has 0 aliphatic carbocycles. The first-order chi connectivity index (χ1) is 2.89. The van der Waals surface area contributed by atoms with E-state index in [0.29, 0.717) is 0 Å². The second kappa shape index (κ2) is 1.63. The van der Waals surface area contributed by atoms with Crippen LogP contribution in [0.15, 0.2) is 11.4 Å². The van der Waals surface area contributed by atoms with E-state index in [0.717, 1.165) is 6.54 Å². The van der Waals surface area contributed by atoms with Gasteiger partial charge in [-0.25, -0.2) is 6.08 Å². The van der Waals surface area contributed by atoms with Crippen LogP contribution < -0.4 is 5.32 Å². The van der Waals surface area contributed by atoms with Crippen LogP contribution in [0.3, 0.4) is 0 Å². The Morgan fingerprint density at radius 1 is 2.00 bits per heavy atom. The maximum absolute atomic E-state index is 3.03. The van der Waals surface area contributed by atoms with Crippen LogP contribution in [0.5, 0.6) is 0 Å². The van der Waals surface area contributed by atoms with Crippen molar-refractivity contribution in [1.29, 1.82) is 0 Å². The molecule has 0 radical (unpaired) electrons. The second-order valence-electron chi connectivity index (χ2n) is 1.29. The SMILES string of the molecule is PC1=C[CH-]NC1. The molecule has 0 fully saturated rings. The lowest BCUT2D eigenvalue weighted by atomic mass is 10.6. The highest BCUT2D eigenvalue weighted by Crippen LogP contribution is 2.07. The molecule has 0 bridgehead atoms. The molecule has 1 rings (SSSR count). The van der Waals surface area contributed by atoms with Gasteiger partial charge in [0.15, 0.2) is 0 Å². The molecule has 1 heterocycles. The molecule has 0 amide bonds. The van der Waals surface area contributed by atoms with Gasteiger partial charge >= 0.3 is 0 Å². The minimum atomic E-state index is 1.00. The Morgan fingerprint density at radius 3 is 3.00 bits per heavy atom. The Hall–Kier alpha value is -0.0000000000000000208. The molecular formula is C4H7NP-. The molecule has 0 aromatic rings. The van der Waals surface area contributed by atoms with Gasteiger partial charge in [0.05, 0.1) is 0 Å². The predicted molar refractivity (Wildman–Crippen MR) is 30.1 cm³/mol. The van der Waals surface area contributed by atoms with Crippen molar-refractivity contribution in [1.82, 2.24) is 5.32 Å². The zero-order valence-electron chi connectivity index (χ0n) is 3.44. The maximum Gasteiger partial charge on any atom is -0.0594 e. The summed E-state index contributed by atoms with van der Waals surface area (Å²) in [6.45, 7) is 2.95. The molecule has 0 aromatic heterocycles. The predicted octanol–water partition coefficient (Wildman–Crippen LogP) is 0.510. The molecule has 1 unspecified atom stereocenters. The Labute approximate surface area is 40.0 Å². The lowest BCUT2D eigenvalue weighted by molar-refractivity contribution is 0.972. The Bertz CT molecular complexity index is 77.6. The Morgan fingerprint density at radius 2 is 2.83 bits per heavy atom. The van der Waals surface area contributed by atoms with Gasteiger partial charge in [-0.3, -0.25) is 0 Å². The van der Waals surface area contributed by atoms with Gasteiger partial charge in [0.25, 0.3) is 0 Å². The fraction of sp³-hybridized carbons (Fsp3) is 0.250. The summed E-state index contributed by atoms with van der Waals surface area (Å²) in [5.74, 6) is 0. The van der Waals surface area contributed by atoms with Crippen molar-refractivity contribution in [2.24, 2.45) is 0 Å². The second-order valence-corrected chi connectivity index (χ2v) is 2.03. The summed E-state index contributed by atoms with van der Waals surface area (Å²) in [4.78, 5) is 0. The van der Waals surface area contributed by atoms with E-state index in [4.69, 9.17) is 0 Å². The van der Waals surface area contributed by atoms with Crippen molar-refractivity contribution in [3.05, 3.63) is 17.9 Å². The molecule has 1 N–H and O–H groups in total. The van der Waals surface area contributed by atoms with Crippen molar-refractivity contribution in [2.75, 3.05) is 6.54 Å². The topological polar surface area (TPSA) is 12.0 Å². The molecular weight excluding hydrogens is 93.0 g/mol. The normalized spacial score (nSPS) is 19.8. The van der Waals surface area contributed by atoms with Gasteiger partial charge in [0.2, 0.25) is 0 Å². The third kappa shape index (κ3) is 0.735. The molecule has 1 aliphatic heterocycles. The van der Waals surface area contributed by atoms with Gasteiger partial charge in [-0.05, 0) is 0 Å². The van der Waals surface area contributed by atoms with E-state index in [1.54, 1.807) is 0 Å². The van der Waals surface area contributed by atoms with Crippen LogP contribution in [0.1, 0.15) is 0 Å². The monoisotopic (exact) mass is 100 g/mol. The molecule has 2 heteroatoms. The third-order valence-electron chi connectivity index (χ3n) is 0.721. The van der Waals surface area contributed by atoms with Crippen molar-refractivity contribution in [2.45, 2.75) is 0 Å². The molecule has 0 spiro atoms. The van der Waals surface area contributed by atoms with Crippen molar-refractivity contribution >= 4 is 9.24 Å². The van der Waals surface area contributed by atoms with E-state index in [-0.39, 0.29) is 0 Å². The molecule has 6 heavy (non-hydrogen) atoms. The first-order valence-corrected chi connectivity index (χ1v) is 2.48. The summed E-state index contributed by atoms with van der Waals surface area (Å²) < 4.78 is 0. The standard InChI is InChI=1S/C4H7NP/c6-4-1-2-5-3-4/h1-2,5H,3,6H2/q-1. The van der Waals surface area contributed by atoms with E-state index in [1.165, 1.54) is 5.31 Å². The first kappa shape index (κ1) is 4.17. The van der Waals surface area contributed by atoms with E-state index >= 15 is 0 Å². The van der Waals surface area contributed by atoms with Crippen molar-refractivity contribution < 1.29 is 0 Å². The average Bonchev–Trinajstić information content (AvgIpc) is 1.86. The van der Waals surface area contributed by atoms with Gasteiger partial charge in [-0.2, -0.15) is 21.1 Å². The van der Waals surface area contributed by atoms with Crippen LogP contribution in [-0.2, 0) is 0 Å². The fourth-order valence-electron chi connectivity index (χ4n) is 0.402. The molecule has 34 valence electrons. The van der Waals surface area contributed by atoms with E-state index in [1.807, 2.05) is 12.6 Å². The summed E-state index contributed by atoms with van der Waals surface area (Å²) in [7, 11) is 2.64. The van der Waals surface area contributed by atoms with Gasteiger partial charge in [-0.1, -0.05) is 6.54 Å². The zero-order chi connectivity index (χ0) is 4.41. The molecule has 1 atom stereocenters. The number of rotatable bonds is 0. The molecule has 1 aliphatic rings. The minimum Gasteiger partial charge on any atom is -0.384 e. The molecule has 0 aromatic carbocycles. The molecule has 1 nitrogen and oxygen atoms in total. The third-order valence-corrected chi connectivity index (χ3v) is 1.12. The quantitative estimate of drug-likeness (QED) is 0.345. The maximum atomic E-state index is 3.03. The van der Waals surface area contributed by atoms with E-state index in [9.17, 15) is 0 Å². The summed E-state index contributed by atoms with van der Waals surface area (Å²) in [6, 6.07) is 0. The van der Waals surface area contributed by atoms with Gasteiger partial charge in [0.1, 0.15) is 0 Å². The van der Waals surface area contributed by atoms with Crippen LogP contribution >= 0.6 is 9.24 Å². The largest absolute Gasteiger partial charge is 0.384 e. The Balaban J connectivity index is 2.45. The number of hydrogen-bond donors (Lipinski definition) is 1. The van der Waals surface area contributed by atoms with Gasteiger partial charge < -0.3 is 5.32 Å². The highest BCUT2D eigenvalue weighted by atomic mass is 31.0. The van der Waals surface area contributed by atoms with E-state index < -0.39 is 0 Å². The van der Waals surface area contributed by atoms with Crippen LogP contribution in [0.25, 0.3) is 0 Å². The van der Waals surface area contributed by atoms with Crippen LogP contribution in [-0.4, -0.2) is 6.54 Å². The summed E-state index contributed by atoms with van der Waals surface area (Å²) in [5.41, 5.74) is 0. The van der Waals surface area contributed by atoms with Crippen molar-refractivity contribution in [3.63, 3.8) is 0 Å². The van der Waals surface area contributed by atoms with E-state index in [2.05, 4.69) is 14.6 Å². The lowest BCUT2D eigenvalue weighted by Crippen LogP contribution is -2.01. The average molecular weight is 100 g/mol. The van der Waals surface area contributed by atoms with Gasteiger partial charge in [-0.15, -0.1) is 0 Å². The van der Waals surface area contributed by atoms with Crippen LogP contribution in [0, 0.1) is 6.54 Å². The van der Waals surface area contributed by atoms with Gasteiger partial charge in [0, 0.05) is 0 Å². The smallest absolute Gasteiger partial charge is 0.0594 e. The van der Waals surface area contributed by atoms with Crippen LogP contribution in [0.2, 0.25) is 0 Å². The lowest BCUT2D eigenvalue weighted by Gasteiger charge is -1.93. The summed E-state index contributed by atoms with van der Waals surface area (Å²) >= 11 is 0. The highest BCUT2D eigenvalue weighted by Gasteiger charge is 1.81.